The zero-order valence-corrected chi connectivity index (χ0v) is 12.7. The number of nitrogens with zero attached hydrogens (tertiary/aromatic N) is 2. The molecular weight excluding hydrogens is 317 g/mol. The quantitative estimate of drug-likeness (QED) is 0.664. The number of carbonyl (C=O) groups is 1. The highest BCUT2D eigenvalue weighted by Gasteiger charge is 2.38. The summed E-state index contributed by atoms with van der Waals surface area (Å²) >= 11 is 5.86. The molecule has 0 aromatic heterocycles. The van der Waals surface area contributed by atoms with Crippen LogP contribution in [0.25, 0.3) is 0 Å². The molecular formula is C13H15Cl2N3O3. The maximum atomic E-state index is 12.4. The van der Waals surface area contributed by atoms with Crippen LogP contribution in [0.1, 0.15) is 10.4 Å². The SMILES string of the molecule is Cl.O=C(c1cc(Cl)cc([N+](=O)[O-])c1)N1C[C@H]2CNC[C@H]2C1. The highest BCUT2D eigenvalue weighted by molar-refractivity contribution is 6.31. The molecule has 1 amide bonds. The Bertz CT molecular complexity index is 570. The molecule has 21 heavy (non-hydrogen) atoms. The fourth-order valence-electron chi connectivity index (χ4n) is 3.01. The van der Waals surface area contributed by atoms with Gasteiger partial charge in [-0.2, -0.15) is 0 Å². The summed E-state index contributed by atoms with van der Waals surface area (Å²) in [5, 5.41) is 14.3. The van der Waals surface area contributed by atoms with E-state index in [0.717, 1.165) is 13.1 Å². The minimum atomic E-state index is -0.536. The second-order valence-electron chi connectivity index (χ2n) is 5.34. The van der Waals surface area contributed by atoms with Crippen LogP contribution in [-0.4, -0.2) is 41.9 Å². The van der Waals surface area contributed by atoms with Crippen molar-refractivity contribution in [2.75, 3.05) is 26.2 Å². The molecule has 2 aliphatic heterocycles. The number of fused-ring (bicyclic) bond motifs is 1. The number of benzene rings is 1. The van der Waals surface area contributed by atoms with Crippen LogP contribution < -0.4 is 5.32 Å². The molecule has 2 heterocycles. The van der Waals surface area contributed by atoms with Crippen LogP contribution in [0.3, 0.4) is 0 Å². The van der Waals surface area contributed by atoms with Crippen molar-refractivity contribution in [2.45, 2.75) is 0 Å². The molecule has 2 saturated heterocycles. The summed E-state index contributed by atoms with van der Waals surface area (Å²) in [5.74, 6) is 0.811. The lowest BCUT2D eigenvalue weighted by atomic mass is 10.0. The van der Waals surface area contributed by atoms with Gasteiger partial charge in [-0.3, -0.25) is 14.9 Å². The second-order valence-corrected chi connectivity index (χ2v) is 5.78. The van der Waals surface area contributed by atoms with Crippen LogP contribution in [0.4, 0.5) is 5.69 Å². The molecule has 1 N–H and O–H groups in total. The van der Waals surface area contributed by atoms with E-state index in [1.54, 1.807) is 4.90 Å². The third-order valence-corrected chi connectivity index (χ3v) is 4.24. The van der Waals surface area contributed by atoms with Gasteiger partial charge in [-0.05, 0) is 17.9 Å². The first-order valence-electron chi connectivity index (χ1n) is 6.49. The number of halogens is 2. The maximum absolute atomic E-state index is 12.4. The lowest BCUT2D eigenvalue weighted by Gasteiger charge is -2.17. The highest BCUT2D eigenvalue weighted by atomic mass is 35.5. The number of nitrogens with one attached hydrogen (secondary N) is 1. The Hall–Kier alpha value is -1.37. The van der Waals surface area contributed by atoms with Crippen molar-refractivity contribution in [3.8, 4) is 0 Å². The molecule has 2 aliphatic rings. The number of carbonyl (C=O) groups excluding carboxylic acids is 1. The van der Waals surface area contributed by atoms with Crippen molar-refractivity contribution in [1.29, 1.82) is 0 Å². The summed E-state index contributed by atoms with van der Waals surface area (Å²) in [6.45, 7) is 3.28. The lowest BCUT2D eigenvalue weighted by molar-refractivity contribution is -0.384. The molecule has 1 aromatic carbocycles. The van der Waals surface area contributed by atoms with Crippen molar-refractivity contribution in [3.63, 3.8) is 0 Å². The molecule has 2 fully saturated rings. The number of nitro groups is 1. The molecule has 0 bridgehead atoms. The topological polar surface area (TPSA) is 75.5 Å². The zero-order chi connectivity index (χ0) is 14.3. The number of hydrogen-bond donors (Lipinski definition) is 1. The van der Waals surface area contributed by atoms with Gasteiger partial charge in [0.15, 0.2) is 0 Å². The number of rotatable bonds is 2. The van der Waals surface area contributed by atoms with Crippen LogP contribution in [0.15, 0.2) is 18.2 Å². The van der Waals surface area contributed by atoms with Gasteiger partial charge in [-0.1, -0.05) is 11.6 Å². The first-order chi connectivity index (χ1) is 9.54. The summed E-state index contributed by atoms with van der Waals surface area (Å²) in [4.78, 5) is 24.5. The fourth-order valence-corrected chi connectivity index (χ4v) is 3.24. The van der Waals surface area contributed by atoms with Gasteiger partial charge in [0, 0.05) is 48.9 Å². The monoisotopic (exact) mass is 331 g/mol. The van der Waals surface area contributed by atoms with Crippen LogP contribution in [0.2, 0.25) is 5.02 Å². The molecule has 0 unspecified atom stereocenters. The fraction of sp³-hybridized carbons (Fsp3) is 0.462. The van der Waals surface area contributed by atoms with E-state index in [1.165, 1.54) is 18.2 Å². The first-order valence-corrected chi connectivity index (χ1v) is 6.87. The molecule has 0 saturated carbocycles. The van der Waals surface area contributed by atoms with E-state index in [9.17, 15) is 14.9 Å². The Morgan fingerprint density at radius 1 is 1.29 bits per heavy atom. The normalized spacial score (nSPS) is 23.6. The number of likely N-dealkylation sites (tertiary alicyclic amines) is 1. The van der Waals surface area contributed by atoms with E-state index in [2.05, 4.69) is 5.32 Å². The largest absolute Gasteiger partial charge is 0.338 e. The standard InChI is InChI=1S/C13H14ClN3O3.ClH/c14-11-1-8(2-12(3-11)17(19)20)13(18)16-6-9-4-15-5-10(9)7-16;/h1-3,9-10,15H,4-7H2;1H/t9-,10+;. The molecule has 8 heteroatoms. The Kier molecular flexibility index (Phi) is 4.70. The number of hydrogen-bond acceptors (Lipinski definition) is 4. The minimum absolute atomic E-state index is 0. The minimum Gasteiger partial charge on any atom is -0.338 e. The predicted octanol–water partition coefficient (Wildman–Crippen LogP) is 1.96. The third-order valence-electron chi connectivity index (χ3n) is 4.02. The van der Waals surface area contributed by atoms with Gasteiger partial charge in [-0.25, -0.2) is 0 Å². The van der Waals surface area contributed by atoms with Gasteiger partial charge < -0.3 is 10.2 Å². The Morgan fingerprint density at radius 2 is 1.90 bits per heavy atom. The van der Waals surface area contributed by atoms with Crippen LogP contribution >= 0.6 is 24.0 Å². The summed E-state index contributed by atoms with van der Waals surface area (Å²) in [5.41, 5.74) is 0.138. The first kappa shape index (κ1) is 16.0. The summed E-state index contributed by atoms with van der Waals surface area (Å²) in [6.07, 6.45) is 0. The van der Waals surface area contributed by atoms with E-state index in [4.69, 9.17) is 11.6 Å². The smallest absolute Gasteiger partial charge is 0.271 e. The average molecular weight is 332 g/mol. The number of non-ortho nitro benzene ring substituents is 1. The Labute approximate surface area is 133 Å². The van der Waals surface area contributed by atoms with E-state index < -0.39 is 4.92 Å². The molecule has 3 rings (SSSR count). The van der Waals surface area contributed by atoms with E-state index in [-0.39, 0.29) is 34.6 Å². The van der Waals surface area contributed by atoms with Crippen molar-refractivity contribution in [3.05, 3.63) is 38.9 Å². The average Bonchev–Trinajstić information content (AvgIpc) is 2.97. The lowest BCUT2D eigenvalue weighted by Crippen LogP contribution is -2.31. The van der Waals surface area contributed by atoms with Gasteiger partial charge in [0.1, 0.15) is 0 Å². The summed E-state index contributed by atoms with van der Waals surface area (Å²) in [7, 11) is 0. The van der Waals surface area contributed by atoms with E-state index in [0.29, 0.717) is 24.9 Å². The molecule has 0 spiro atoms. The Morgan fingerprint density at radius 3 is 2.48 bits per heavy atom. The molecule has 6 nitrogen and oxygen atoms in total. The maximum Gasteiger partial charge on any atom is 0.271 e. The van der Waals surface area contributed by atoms with Crippen LogP contribution in [0, 0.1) is 22.0 Å². The third kappa shape index (κ3) is 3.12. The van der Waals surface area contributed by atoms with Gasteiger partial charge in [0.2, 0.25) is 0 Å². The van der Waals surface area contributed by atoms with E-state index in [1.807, 2.05) is 0 Å². The van der Waals surface area contributed by atoms with Crippen LogP contribution in [-0.2, 0) is 0 Å². The van der Waals surface area contributed by atoms with Gasteiger partial charge in [0.25, 0.3) is 11.6 Å². The van der Waals surface area contributed by atoms with Gasteiger partial charge in [-0.15, -0.1) is 12.4 Å². The van der Waals surface area contributed by atoms with Gasteiger partial charge in [0.05, 0.1) is 4.92 Å². The molecule has 2 atom stereocenters. The van der Waals surface area contributed by atoms with Crippen molar-refractivity contribution < 1.29 is 9.72 Å². The zero-order valence-electron chi connectivity index (χ0n) is 11.1. The second kappa shape index (κ2) is 6.17. The Balaban J connectivity index is 0.00000161. The predicted molar refractivity (Wildman–Crippen MR) is 81.1 cm³/mol. The molecule has 1 aromatic rings. The molecule has 0 radical (unpaired) electrons. The van der Waals surface area contributed by atoms with Gasteiger partial charge >= 0.3 is 0 Å². The van der Waals surface area contributed by atoms with Crippen molar-refractivity contribution >= 4 is 35.6 Å². The van der Waals surface area contributed by atoms with Crippen molar-refractivity contribution in [1.82, 2.24) is 10.2 Å². The van der Waals surface area contributed by atoms with E-state index >= 15 is 0 Å². The van der Waals surface area contributed by atoms with Crippen molar-refractivity contribution in [2.24, 2.45) is 11.8 Å². The molecule has 114 valence electrons. The summed E-state index contributed by atoms with van der Waals surface area (Å²) < 4.78 is 0. The molecule has 0 aliphatic carbocycles. The number of amides is 1. The summed E-state index contributed by atoms with van der Waals surface area (Å²) in [6, 6.07) is 4.03. The van der Waals surface area contributed by atoms with Crippen LogP contribution in [0.5, 0.6) is 0 Å². The highest BCUT2D eigenvalue weighted by Crippen LogP contribution is 2.29. The number of nitro benzene ring substituents is 1.